The van der Waals surface area contributed by atoms with Crippen molar-refractivity contribution in [3.05, 3.63) is 41.4 Å². The lowest BCUT2D eigenvalue weighted by Crippen LogP contribution is -1.93. The first kappa shape index (κ1) is 11.2. The molecule has 0 unspecified atom stereocenters. The van der Waals surface area contributed by atoms with Crippen LogP contribution < -0.4 is 0 Å². The number of aryl methyl sites for hydroxylation is 1. The molecule has 3 aromatic rings. The SMILES string of the molecule is CCn1cc(C=O)c(-c2cccc3ccsc23)n1. The van der Waals surface area contributed by atoms with E-state index in [2.05, 4.69) is 22.6 Å². The molecule has 0 bridgehead atoms. The second-order valence-corrected chi connectivity index (χ2v) is 4.97. The molecule has 0 radical (unpaired) electrons. The maximum absolute atomic E-state index is 11.2. The van der Waals surface area contributed by atoms with E-state index < -0.39 is 0 Å². The van der Waals surface area contributed by atoms with Gasteiger partial charge in [0.15, 0.2) is 6.29 Å². The fourth-order valence-corrected chi connectivity index (χ4v) is 2.99. The summed E-state index contributed by atoms with van der Waals surface area (Å²) in [4.78, 5) is 11.2. The van der Waals surface area contributed by atoms with Gasteiger partial charge in [-0.1, -0.05) is 18.2 Å². The van der Waals surface area contributed by atoms with Gasteiger partial charge in [0.25, 0.3) is 0 Å². The lowest BCUT2D eigenvalue weighted by atomic mass is 10.1. The van der Waals surface area contributed by atoms with Crippen molar-refractivity contribution in [3.63, 3.8) is 0 Å². The molecule has 0 spiro atoms. The number of nitrogens with zero attached hydrogens (tertiary/aromatic N) is 2. The minimum atomic E-state index is 0.651. The van der Waals surface area contributed by atoms with E-state index in [9.17, 15) is 4.79 Å². The minimum Gasteiger partial charge on any atom is -0.298 e. The summed E-state index contributed by atoms with van der Waals surface area (Å²) in [5.74, 6) is 0. The predicted octanol–water partition coefficient (Wildman–Crippen LogP) is 3.60. The number of hydrogen-bond donors (Lipinski definition) is 0. The average molecular weight is 256 g/mol. The van der Waals surface area contributed by atoms with Crippen molar-refractivity contribution in [3.8, 4) is 11.3 Å². The van der Waals surface area contributed by atoms with Crippen LogP contribution in [0.3, 0.4) is 0 Å². The summed E-state index contributed by atoms with van der Waals surface area (Å²) in [6.45, 7) is 2.78. The Balaban J connectivity index is 2.28. The zero-order valence-electron chi connectivity index (χ0n) is 9.96. The Labute approximate surface area is 109 Å². The largest absolute Gasteiger partial charge is 0.298 e. The van der Waals surface area contributed by atoms with Crippen LogP contribution in [-0.2, 0) is 6.54 Å². The molecular formula is C14H12N2OS. The second-order valence-electron chi connectivity index (χ2n) is 4.05. The fourth-order valence-electron chi connectivity index (χ4n) is 2.07. The molecule has 0 aliphatic rings. The Bertz CT molecular complexity index is 711. The summed E-state index contributed by atoms with van der Waals surface area (Å²) in [6, 6.07) is 8.19. The number of aldehydes is 1. The molecular weight excluding hydrogens is 244 g/mol. The summed E-state index contributed by atoms with van der Waals surface area (Å²) < 4.78 is 2.98. The van der Waals surface area contributed by atoms with Gasteiger partial charge in [-0.2, -0.15) is 5.10 Å². The Morgan fingerprint density at radius 3 is 3.06 bits per heavy atom. The highest BCUT2D eigenvalue weighted by molar-refractivity contribution is 7.17. The van der Waals surface area contributed by atoms with Crippen molar-refractivity contribution in [1.29, 1.82) is 0 Å². The minimum absolute atomic E-state index is 0.651. The van der Waals surface area contributed by atoms with E-state index in [-0.39, 0.29) is 0 Å². The van der Waals surface area contributed by atoms with Crippen molar-refractivity contribution in [2.24, 2.45) is 0 Å². The van der Waals surface area contributed by atoms with Crippen LogP contribution in [0.1, 0.15) is 17.3 Å². The van der Waals surface area contributed by atoms with Gasteiger partial charge >= 0.3 is 0 Å². The number of thiophene rings is 1. The number of rotatable bonds is 3. The molecule has 0 amide bonds. The molecule has 0 aliphatic heterocycles. The number of carbonyl (C=O) groups is 1. The molecule has 2 heterocycles. The topological polar surface area (TPSA) is 34.9 Å². The molecule has 3 rings (SSSR count). The zero-order valence-corrected chi connectivity index (χ0v) is 10.8. The predicted molar refractivity (Wildman–Crippen MR) is 74.1 cm³/mol. The third-order valence-corrected chi connectivity index (χ3v) is 3.94. The summed E-state index contributed by atoms with van der Waals surface area (Å²) in [6.07, 6.45) is 2.68. The lowest BCUT2D eigenvalue weighted by Gasteiger charge is -2.00. The maximum Gasteiger partial charge on any atom is 0.153 e. The first-order valence-electron chi connectivity index (χ1n) is 5.82. The zero-order chi connectivity index (χ0) is 12.5. The fraction of sp³-hybridized carbons (Fsp3) is 0.143. The van der Waals surface area contributed by atoms with Crippen LogP contribution in [0.5, 0.6) is 0 Å². The van der Waals surface area contributed by atoms with Crippen LogP contribution >= 0.6 is 11.3 Å². The second kappa shape index (κ2) is 4.38. The van der Waals surface area contributed by atoms with E-state index in [1.54, 1.807) is 22.2 Å². The summed E-state index contributed by atoms with van der Waals surface area (Å²) >= 11 is 1.68. The van der Waals surface area contributed by atoms with Crippen LogP contribution in [0.25, 0.3) is 21.3 Å². The van der Waals surface area contributed by atoms with Gasteiger partial charge in [0.2, 0.25) is 0 Å². The van der Waals surface area contributed by atoms with Gasteiger partial charge in [-0.3, -0.25) is 9.48 Å². The molecule has 1 aromatic carbocycles. The van der Waals surface area contributed by atoms with Gasteiger partial charge in [0, 0.05) is 23.0 Å². The van der Waals surface area contributed by atoms with Crippen LogP contribution in [-0.4, -0.2) is 16.1 Å². The number of fused-ring (bicyclic) bond motifs is 1. The van der Waals surface area contributed by atoms with Gasteiger partial charge < -0.3 is 0 Å². The summed E-state index contributed by atoms with van der Waals surface area (Å²) in [5.41, 5.74) is 2.47. The van der Waals surface area contributed by atoms with E-state index in [4.69, 9.17) is 0 Å². The van der Waals surface area contributed by atoms with Gasteiger partial charge in [0.1, 0.15) is 5.69 Å². The molecule has 4 heteroatoms. The van der Waals surface area contributed by atoms with Crippen molar-refractivity contribution in [2.45, 2.75) is 13.5 Å². The molecule has 0 fully saturated rings. The first-order chi connectivity index (χ1) is 8.83. The maximum atomic E-state index is 11.2. The molecule has 0 aliphatic carbocycles. The number of carbonyl (C=O) groups excluding carboxylic acids is 1. The molecule has 3 nitrogen and oxygen atoms in total. The lowest BCUT2D eigenvalue weighted by molar-refractivity contribution is 0.112. The van der Waals surface area contributed by atoms with E-state index >= 15 is 0 Å². The average Bonchev–Trinajstić information content (AvgIpc) is 3.04. The highest BCUT2D eigenvalue weighted by atomic mass is 32.1. The van der Waals surface area contributed by atoms with E-state index in [1.165, 1.54) is 10.1 Å². The van der Waals surface area contributed by atoms with E-state index in [0.717, 1.165) is 24.1 Å². The van der Waals surface area contributed by atoms with Crippen LogP contribution in [0.15, 0.2) is 35.8 Å². The highest BCUT2D eigenvalue weighted by Crippen LogP contribution is 2.32. The highest BCUT2D eigenvalue weighted by Gasteiger charge is 2.13. The Morgan fingerprint density at radius 1 is 1.39 bits per heavy atom. The van der Waals surface area contributed by atoms with Crippen molar-refractivity contribution in [1.82, 2.24) is 9.78 Å². The summed E-state index contributed by atoms with van der Waals surface area (Å²) in [7, 11) is 0. The number of hydrogen-bond acceptors (Lipinski definition) is 3. The standard InChI is InChI=1S/C14H12N2OS/c1-2-16-8-11(9-17)13(15-16)12-5-3-4-10-6-7-18-14(10)12/h3-9H,2H2,1H3. The third kappa shape index (κ3) is 1.66. The molecule has 0 saturated heterocycles. The van der Waals surface area contributed by atoms with E-state index in [0.29, 0.717) is 5.56 Å². The van der Waals surface area contributed by atoms with Gasteiger partial charge in [-0.25, -0.2) is 0 Å². The Hall–Kier alpha value is -1.94. The first-order valence-corrected chi connectivity index (χ1v) is 6.70. The molecule has 90 valence electrons. The number of aromatic nitrogens is 2. The van der Waals surface area contributed by atoms with Gasteiger partial charge in [0.05, 0.1) is 5.56 Å². The van der Waals surface area contributed by atoms with E-state index in [1.807, 2.05) is 19.1 Å². The summed E-state index contributed by atoms with van der Waals surface area (Å²) in [5, 5.41) is 7.75. The van der Waals surface area contributed by atoms with Crippen LogP contribution in [0, 0.1) is 0 Å². The molecule has 0 atom stereocenters. The van der Waals surface area contributed by atoms with Crippen molar-refractivity contribution in [2.75, 3.05) is 0 Å². The Morgan fingerprint density at radius 2 is 2.28 bits per heavy atom. The number of benzene rings is 1. The van der Waals surface area contributed by atoms with Gasteiger partial charge in [-0.15, -0.1) is 11.3 Å². The van der Waals surface area contributed by atoms with Crippen molar-refractivity contribution < 1.29 is 4.79 Å². The molecule has 18 heavy (non-hydrogen) atoms. The normalized spacial score (nSPS) is 10.9. The molecule has 0 N–H and O–H groups in total. The van der Waals surface area contributed by atoms with Gasteiger partial charge in [-0.05, 0) is 23.8 Å². The van der Waals surface area contributed by atoms with Crippen molar-refractivity contribution >= 4 is 27.7 Å². The molecule has 0 saturated carbocycles. The Kier molecular flexibility index (Phi) is 2.72. The molecule has 2 aromatic heterocycles. The van der Waals surface area contributed by atoms with Crippen LogP contribution in [0.2, 0.25) is 0 Å². The monoisotopic (exact) mass is 256 g/mol. The smallest absolute Gasteiger partial charge is 0.153 e. The van der Waals surface area contributed by atoms with Crippen LogP contribution in [0.4, 0.5) is 0 Å². The quantitative estimate of drug-likeness (QED) is 0.671. The third-order valence-electron chi connectivity index (χ3n) is 2.98.